The van der Waals surface area contributed by atoms with Crippen molar-refractivity contribution in [2.75, 3.05) is 26.8 Å². The quantitative estimate of drug-likeness (QED) is 0.470. The molecule has 2 heteroatoms. The van der Waals surface area contributed by atoms with Crippen molar-refractivity contribution in [1.29, 1.82) is 0 Å². The number of ether oxygens (including phenoxy) is 1. The Balaban J connectivity index is 3.90. The zero-order chi connectivity index (χ0) is 11.7. The molecule has 0 rings (SSSR count). The lowest BCUT2D eigenvalue weighted by atomic mass is 9.80. The third-order valence-corrected chi connectivity index (χ3v) is 3.02. The van der Waals surface area contributed by atoms with E-state index < -0.39 is 0 Å². The van der Waals surface area contributed by atoms with Gasteiger partial charge in [0.2, 0.25) is 0 Å². The Morgan fingerprint density at radius 1 is 1.53 bits per heavy atom. The van der Waals surface area contributed by atoms with Gasteiger partial charge in [-0.1, -0.05) is 33.3 Å². The lowest BCUT2D eigenvalue weighted by molar-refractivity contribution is 0.193. The summed E-state index contributed by atoms with van der Waals surface area (Å²) < 4.78 is 5.00. The molecule has 1 N–H and O–H groups in total. The van der Waals surface area contributed by atoms with Crippen molar-refractivity contribution in [3.63, 3.8) is 0 Å². The van der Waals surface area contributed by atoms with E-state index in [4.69, 9.17) is 4.74 Å². The Morgan fingerprint density at radius 2 is 2.20 bits per heavy atom. The van der Waals surface area contributed by atoms with Crippen LogP contribution in [0.4, 0.5) is 0 Å². The molecular formula is C13H27NO. The summed E-state index contributed by atoms with van der Waals surface area (Å²) in [6, 6.07) is 0. The van der Waals surface area contributed by atoms with E-state index in [1.165, 1.54) is 12.8 Å². The Bertz CT molecular complexity index is 170. The summed E-state index contributed by atoms with van der Waals surface area (Å²) in [6.07, 6.45) is 4.52. The normalized spacial score (nSPS) is 17.1. The van der Waals surface area contributed by atoms with E-state index >= 15 is 0 Å². The molecule has 0 saturated carbocycles. The number of methoxy groups -OCH3 is 1. The molecule has 0 aliphatic carbocycles. The predicted molar refractivity (Wildman–Crippen MR) is 67.1 cm³/mol. The summed E-state index contributed by atoms with van der Waals surface area (Å²) in [4.78, 5) is 0. The molecule has 0 amide bonds. The lowest BCUT2D eigenvalue weighted by Gasteiger charge is -2.29. The van der Waals surface area contributed by atoms with Gasteiger partial charge >= 0.3 is 0 Å². The first-order valence-electron chi connectivity index (χ1n) is 5.91. The van der Waals surface area contributed by atoms with Crippen LogP contribution < -0.4 is 5.32 Å². The second-order valence-corrected chi connectivity index (χ2v) is 4.75. The van der Waals surface area contributed by atoms with Crippen molar-refractivity contribution >= 4 is 0 Å². The highest BCUT2D eigenvalue weighted by Crippen LogP contribution is 2.27. The summed E-state index contributed by atoms with van der Waals surface area (Å²) in [5.74, 6) is 0.761. The Hall–Kier alpha value is -0.340. The van der Waals surface area contributed by atoms with Crippen molar-refractivity contribution < 1.29 is 4.74 Å². The van der Waals surface area contributed by atoms with E-state index in [9.17, 15) is 0 Å². The van der Waals surface area contributed by atoms with E-state index in [1.807, 2.05) is 0 Å². The molecule has 2 atom stereocenters. The second kappa shape index (κ2) is 7.89. The molecule has 0 fully saturated rings. The highest BCUT2D eigenvalue weighted by atomic mass is 16.5. The Labute approximate surface area is 95.1 Å². The number of hydrogen-bond acceptors (Lipinski definition) is 2. The first-order chi connectivity index (χ1) is 7.08. The van der Waals surface area contributed by atoms with Gasteiger partial charge in [0.1, 0.15) is 0 Å². The maximum atomic E-state index is 5.00. The van der Waals surface area contributed by atoms with Gasteiger partial charge in [0.25, 0.3) is 0 Å². The molecule has 0 spiro atoms. The standard InChI is InChI=1S/C13H27NO/c1-6-12(3)10-13(4,7-2)11-14-8-9-15-5/h7,12,14H,2,6,8-11H2,1,3-5H3. The van der Waals surface area contributed by atoms with E-state index in [0.717, 1.165) is 25.6 Å². The summed E-state index contributed by atoms with van der Waals surface area (Å²) in [6.45, 7) is 13.4. The number of nitrogens with one attached hydrogen (secondary N) is 1. The lowest BCUT2D eigenvalue weighted by Crippen LogP contribution is -2.33. The molecular weight excluding hydrogens is 186 g/mol. The van der Waals surface area contributed by atoms with Gasteiger partial charge in [-0.05, 0) is 17.8 Å². The molecule has 0 aromatic carbocycles. The average molecular weight is 213 g/mol. The molecule has 2 nitrogen and oxygen atoms in total. The predicted octanol–water partition coefficient (Wildman–Crippen LogP) is 2.85. The maximum Gasteiger partial charge on any atom is 0.0587 e. The van der Waals surface area contributed by atoms with Crippen LogP contribution in [-0.4, -0.2) is 26.8 Å². The third kappa shape index (κ3) is 6.69. The molecule has 90 valence electrons. The summed E-state index contributed by atoms with van der Waals surface area (Å²) in [5, 5.41) is 3.41. The summed E-state index contributed by atoms with van der Waals surface area (Å²) in [5.41, 5.74) is 0.211. The van der Waals surface area contributed by atoms with E-state index in [1.54, 1.807) is 7.11 Å². The topological polar surface area (TPSA) is 21.3 Å². The van der Waals surface area contributed by atoms with Crippen LogP contribution in [0, 0.1) is 11.3 Å². The average Bonchev–Trinajstić information content (AvgIpc) is 2.24. The monoisotopic (exact) mass is 213 g/mol. The second-order valence-electron chi connectivity index (χ2n) is 4.75. The van der Waals surface area contributed by atoms with Crippen molar-refractivity contribution in [3.8, 4) is 0 Å². The fourth-order valence-corrected chi connectivity index (χ4v) is 1.72. The molecule has 0 aromatic rings. The zero-order valence-corrected chi connectivity index (χ0v) is 10.8. The fraction of sp³-hybridized carbons (Fsp3) is 0.846. The molecule has 0 aromatic heterocycles. The van der Waals surface area contributed by atoms with Crippen LogP contribution in [0.5, 0.6) is 0 Å². The van der Waals surface area contributed by atoms with Crippen LogP contribution in [0.2, 0.25) is 0 Å². The highest BCUT2D eigenvalue weighted by molar-refractivity contribution is 4.93. The largest absolute Gasteiger partial charge is 0.383 e. The molecule has 0 heterocycles. The summed E-state index contributed by atoms with van der Waals surface area (Å²) >= 11 is 0. The first-order valence-corrected chi connectivity index (χ1v) is 5.91. The number of rotatable bonds is 9. The van der Waals surface area contributed by atoms with Gasteiger partial charge in [-0.25, -0.2) is 0 Å². The molecule has 0 bridgehead atoms. The van der Waals surface area contributed by atoms with Crippen molar-refractivity contribution in [2.24, 2.45) is 11.3 Å². The fourth-order valence-electron chi connectivity index (χ4n) is 1.72. The maximum absolute atomic E-state index is 5.00. The van der Waals surface area contributed by atoms with Gasteiger partial charge in [-0.15, -0.1) is 6.58 Å². The minimum absolute atomic E-state index is 0.211. The minimum atomic E-state index is 0.211. The van der Waals surface area contributed by atoms with Gasteiger partial charge in [0.15, 0.2) is 0 Å². The first kappa shape index (κ1) is 14.7. The zero-order valence-electron chi connectivity index (χ0n) is 10.8. The van der Waals surface area contributed by atoms with Gasteiger partial charge < -0.3 is 10.1 Å². The Morgan fingerprint density at radius 3 is 2.67 bits per heavy atom. The van der Waals surface area contributed by atoms with Crippen LogP contribution in [-0.2, 0) is 4.74 Å². The van der Waals surface area contributed by atoms with E-state index in [2.05, 4.69) is 38.7 Å². The van der Waals surface area contributed by atoms with Crippen molar-refractivity contribution in [3.05, 3.63) is 12.7 Å². The van der Waals surface area contributed by atoms with Gasteiger partial charge in [-0.3, -0.25) is 0 Å². The van der Waals surface area contributed by atoms with Gasteiger partial charge in [-0.2, -0.15) is 0 Å². The van der Waals surface area contributed by atoms with E-state index in [-0.39, 0.29) is 5.41 Å². The van der Waals surface area contributed by atoms with Crippen molar-refractivity contribution in [2.45, 2.75) is 33.6 Å². The van der Waals surface area contributed by atoms with Crippen LogP contribution in [0.1, 0.15) is 33.6 Å². The van der Waals surface area contributed by atoms with Crippen LogP contribution in [0.3, 0.4) is 0 Å². The smallest absolute Gasteiger partial charge is 0.0587 e. The van der Waals surface area contributed by atoms with Gasteiger partial charge in [0.05, 0.1) is 6.61 Å². The molecule has 2 unspecified atom stereocenters. The third-order valence-electron chi connectivity index (χ3n) is 3.02. The minimum Gasteiger partial charge on any atom is -0.383 e. The summed E-state index contributed by atoms with van der Waals surface area (Å²) in [7, 11) is 1.73. The van der Waals surface area contributed by atoms with Gasteiger partial charge in [0, 0.05) is 20.2 Å². The SMILES string of the molecule is C=CC(C)(CNCCOC)CC(C)CC. The molecule has 0 saturated heterocycles. The van der Waals surface area contributed by atoms with Crippen LogP contribution >= 0.6 is 0 Å². The molecule has 0 radical (unpaired) electrons. The molecule has 0 aliphatic heterocycles. The van der Waals surface area contributed by atoms with E-state index in [0.29, 0.717) is 0 Å². The molecule has 0 aliphatic rings. The Kier molecular flexibility index (Phi) is 7.71. The number of hydrogen-bond donors (Lipinski definition) is 1. The molecule has 15 heavy (non-hydrogen) atoms. The van der Waals surface area contributed by atoms with Crippen LogP contribution in [0.15, 0.2) is 12.7 Å². The van der Waals surface area contributed by atoms with Crippen molar-refractivity contribution in [1.82, 2.24) is 5.32 Å². The highest BCUT2D eigenvalue weighted by Gasteiger charge is 2.21. The van der Waals surface area contributed by atoms with Crippen LogP contribution in [0.25, 0.3) is 0 Å².